The van der Waals surface area contributed by atoms with E-state index in [1.807, 2.05) is 36.1 Å². The lowest BCUT2D eigenvalue weighted by molar-refractivity contribution is 0.0699. The molecule has 0 spiro atoms. The van der Waals surface area contributed by atoms with Crippen molar-refractivity contribution in [1.82, 2.24) is 24.8 Å². The zero-order valence-corrected chi connectivity index (χ0v) is 15.1. The Morgan fingerprint density at radius 3 is 2.59 bits per heavy atom. The van der Waals surface area contributed by atoms with E-state index in [2.05, 4.69) is 15.4 Å². The highest BCUT2D eigenvalue weighted by Crippen LogP contribution is 2.17. The van der Waals surface area contributed by atoms with Crippen LogP contribution in [0.1, 0.15) is 39.3 Å². The van der Waals surface area contributed by atoms with Gasteiger partial charge in [-0.25, -0.2) is 9.50 Å². The van der Waals surface area contributed by atoms with Crippen LogP contribution in [-0.4, -0.2) is 50.4 Å². The molecule has 7 nitrogen and oxygen atoms in total. The number of amides is 2. The molecule has 1 N–H and O–H groups in total. The van der Waals surface area contributed by atoms with Gasteiger partial charge in [-0.1, -0.05) is 18.2 Å². The number of likely N-dealkylation sites (tertiary alicyclic amines) is 1. The van der Waals surface area contributed by atoms with Gasteiger partial charge in [0.2, 0.25) is 0 Å². The zero-order chi connectivity index (χ0) is 18.8. The number of carbonyl (C=O) groups is 2. The highest BCUT2D eigenvalue weighted by Gasteiger charge is 2.27. The van der Waals surface area contributed by atoms with E-state index in [1.165, 1.54) is 0 Å². The summed E-state index contributed by atoms with van der Waals surface area (Å²) in [5.74, 6) is -0.126. The molecule has 2 amide bonds. The number of aromatic nitrogens is 3. The number of aryl methyl sites for hydroxylation is 1. The molecule has 1 fully saturated rings. The van der Waals surface area contributed by atoms with Crippen molar-refractivity contribution in [2.45, 2.75) is 25.8 Å². The van der Waals surface area contributed by atoms with Crippen molar-refractivity contribution in [2.75, 3.05) is 13.1 Å². The van der Waals surface area contributed by atoms with Crippen LogP contribution in [0.3, 0.4) is 0 Å². The Morgan fingerprint density at radius 1 is 1.11 bits per heavy atom. The Kier molecular flexibility index (Phi) is 4.58. The van der Waals surface area contributed by atoms with Crippen molar-refractivity contribution in [3.05, 3.63) is 65.6 Å². The molecule has 27 heavy (non-hydrogen) atoms. The Hall–Kier alpha value is -3.22. The first-order chi connectivity index (χ1) is 13.1. The van der Waals surface area contributed by atoms with E-state index in [0.29, 0.717) is 29.9 Å². The Bertz CT molecular complexity index is 974. The van der Waals surface area contributed by atoms with E-state index in [-0.39, 0.29) is 17.9 Å². The number of piperidine rings is 1. The van der Waals surface area contributed by atoms with Crippen molar-refractivity contribution in [1.29, 1.82) is 0 Å². The summed E-state index contributed by atoms with van der Waals surface area (Å²) < 4.78 is 1.62. The molecule has 0 atom stereocenters. The van der Waals surface area contributed by atoms with Crippen molar-refractivity contribution < 1.29 is 9.59 Å². The normalized spacial score (nSPS) is 15.1. The quantitative estimate of drug-likeness (QED) is 0.773. The number of benzene rings is 1. The van der Waals surface area contributed by atoms with Crippen LogP contribution in [0.5, 0.6) is 0 Å². The van der Waals surface area contributed by atoms with Crippen LogP contribution in [0, 0.1) is 6.92 Å². The van der Waals surface area contributed by atoms with E-state index in [4.69, 9.17) is 0 Å². The fourth-order valence-electron chi connectivity index (χ4n) is 3.37. The van der Waals surface area contributed by atoms with E-state index in [9.17, 15) is 9.59 Å². The van der Waals surface area contributed by atoms with Crippen LogP contribution < -0.4 is 5.32 Å². The Labute approximate surface area is 157 Å². The van der Waals surface area contributed by atoms with Gasteiger partial charge < -0.3 is 10.2 Å². The Balaban J connectivity index is 1.39. The molecule has 3 heterocycles. The zero-order valence-electron chi connectivity index (χ0n) is 15.1. The SMILES string of the molecule is Cc1ccn2ncc(C(=O)N3CCC(NC(=O)c4ccccc4)CC3)c2n1. The third-order valence-corrected chi connectivity index (χ3v) is 4.89. The number of carbonyl (C=O) groups excluding carboxylic acids is 2. The van der Waals surface area contributed by atoms with Gasteiger partial charge in [0.05, 0.1) is 6.20 Å². The molecular weight excluding hydrogens is 342 g/mol. The summed E-state index contributed by atoms with van der Waals surface area (Å²) in [7, 11) is 0. The molecule has 1 saturated heterocycles. The van der Waals surface area contributed by atoms with Crippen molar-refractivity contribution >= 4 is 17.5 Å². The molecular formula is C20H21N5O2. The smallest absolute Gasteiger partial charge is 0.259 e. The first-order valence-electron chi connectivity index (χ1n) is 9.08. The number of fused-ring (bicyclic) bond motifs is 1. The first-order valence-corrected chi connectivity index (χ1v) is 9.08. The molecule has 0 aliphatic carbocycles. The fraction of sp³-hybridized carbons (Fsp3) is 0.300. The lowest BCUT2D eigenvalue weighted by Crippen LogP contribution is -2.46. The maximum atomic E-state index is 12.9. The van der Waals surface area contributed by atoms with Crippen LogP contribution in [0.15, 0.2) is 48.8 Å². The second-order valence-electron chi connectivity index (χ2n) is 6.80. The minimum Gasteiger partial charge on any atom is -0.349 e. The highest BCUT2D eigenvalue weighted by atomic mass is 16.2. The molecule has 0 unspecified atom stereocenters. The molecule has 0 bridgehead atoms. The third-order valence-electron chi connectivity index (χ3n) is 4.89. The summed E-state index contributed by atoms with van der Waals surface area (Å²) in [6.45, 7) is 3.09. The minimum absolute atomic E-state index is 0.0593. The van der Waals surface area contributed by atoms with Gasteiger partial charge in [-0.3, -0.25) is 9.59 Å². The van der Waals surface area contributed by atoms with E-state index >= 15 is 0 Å². The second kappa shape index (κ2) is 7.19. The molecule has 138 valence electrons. The van der Waals surface area contributed by atoms with Gasteiger partial charge in [-0.05, 0) is 38.0 Å². The molecule has 1 aliphatic rings. The van der Waals surface area contributed by atoms with Gasteiger partial charge >= 0.3 is 0 Å². The van der Waals surface area contributed by atoms with Gasteiger partial charge in [0.25, 0.3) is 11.8 Å². The maximum absolute atomic E-state index is 12.9. The van der Waals surface area contributed by atoms with Gasteiger partial charge in [0.15, 0.2) is 5.65 Å². The number of nitrogens with zero attached hydrogens (tertiary/aromatic N) is 4. The number of nitrogens with one attached hydrogen (secondary N) is 1. The fourth-order valence-corrected chi connectivity index (χ4v) is 3.37. The lowest BCUT2D eigenvalue weighted by atomic mass is 10.0. The number of hydrogen-bond donors (Lipinski definition) is 1. The summed E-state index contributed by atoms with van der Waals surface area (Å²) in [5, 5.41) is 7.27. The van der Waals surface area contributed by atoms with Crippen molar-refractivity contribution in [3.8, 4) is 0 Å². The molecule has 0 radical (unpaired) electrons. The molecule has 7 heteroatoms. The van der Waals surface area contributed by atoms with E-state index in [0.717, 1.165) is 18.5 Å². The summed E-state index contributed by atoms with van der Waals surface area (Å²) in [5.41, 5.74) is 2.60. The lowest BCUT2D eigenvalue weighted by Gasteiger charge is -2.32. The van der Waals surface area contributed by atoms with Crippen molar-refractivity contribution in [2.24, 2.45) is 0 Å². The second-order valence-corrected chi connectivity index (χ2v) is 6.80. The van der Waals surface area contributed by atoms with Gasteiger partial charge in [0, 0.05) is 36.6 Å². The van der Waals surface area contributed by atoms with Crippen molar-refractivity contribution in [3.63, 3.8) is 0 Å². The van der Waals surface area contributed by atoms with Gasteiger partial charge in [-0.15, -0.1) is 0 Å². The van der Waals surface area contributed by atoms with Crippen LogP contribution in [-0.2, 0) is 0 Å². The highest BCUT2D eigenvalue weighted by molar-refractivity contribution is 5.99. The topological polar surface area (TPSA) is 79.6 Å². The van der Waals surface area contributed by atoms with Gasteiger partial charge in [-0.2, -0.15) is 5.10 Å². The molecule has 0 saturated carbocycles. The van der Waals surface area contributed by atoms with Crippen LogP contribution in [0.2, 0.25) is 0 Å². The largest absolute Gasteiger partial charge is 0.349 e. The van der Waals surface area contributed by atoms with Gasteiger partial charge in [0.1, 0.15) is 5.56 Å². The average molecular weight is 363 g/mol. The van der Waals surface area contributed by atoms with Crippen LogP contribution in [0.4, 0.5) is 0 Å². The summed E-state index contributed by atoms with van der Waals surface area (Å²) in [6.07, 6.45) is 4.85. The van der Waals surface area contributed by atoms with E-state index < -0.39 is 0 Å². The minimum atomic E-state index is -0.0670. The average Bonchev–Trinajstić information content (AvgIpc) is 3.11. The summed E-state index contributed by atoms with van der Waals surface area (Å²) in [6, 6.07) is 11.1. The van der Waals surface area contributed by atoms with E-state index in [1.54, 1.807) is 29.0 Å². The number of rotatable bonds is 3. The predicted octanol–water partition coefficient (Wildman–Crippen LogP) is 2.07. The summed E-state index contributed by atoms with van der Waals surface area (Å²) in [4.78, 5) is 31.4. The molecule has 2 aromatic heterocycles. The monoisotopic (exact) mass is 363 g/mol. The summed E-state index contributed by atoms with van der Waals surface area (Å²) >= 11 is 0. The number of hydrogen-bond acceptors (Lipinski definition) is 4. The maximum Gasteiger partial charge on any atom is 0.259 e. The Morgan fingerprint density at radius 2 is 1.85 bits per heavy atom. The molecule has 4 rings (SSSR count). The molecule has 1 aliphatic heterocycles. The molecule has 3 aromatic rings. The predicted molar refractivity (Wildman–Crippen MR) is 101 cm³/mol. The first kappa shape index (κ1) is 17.2. The third kappa shape index (κ3) is 3.53. The van der Waals surface area contributed by atoms with Crippen LogP contribution >= 0.6 is 0 Å². The molecule has 1 aromatic carbocycles. The standard InChI is InChI=1S/C20H21N5O2/c1-14-7-12-25-18(22-14)17(13-21-25)20(27)24-10-8-16(9-11-24)23-19(26)15-5-3-2-4-6-15/h2-7,12-13,16H,8-11H2,1H3,(H,23,26). The van der Waals surface area contributed by atoms with Crippen LogP contribution in [0.25, 0.3) is 5.65 Å².